The highest BCUT2D eigenvalue weighted by molar-refractivity contribution is 5.76. The van der Waals surface area contributed by atoms with Crippen molar-refractivity contribution in [3.05, 3.63) is 40.2 Å². The van der Waals surface area contributed by atoms with Crippen molar-refractivity contribution in [2.24, 2.45) is 0 Å². The van der Waals surface area contributed by atoms with E-state index in [1.165, 1.54) is 7.11 Å². The number of ether oxygens (including phenoxy) is 2. The van der Waals surface area contributed by atoms with Crippen LogP contribution in [0.25, 0.3) is 0 Å². The fourth-order valence-electron chi connectivity index (χ4n) is 3.62. The lowest BCUT2D eigenvalue weighted by Gasteiger charge is -2.35. The molecule has 0 aliphatic carbocycles. The molecular weight excluding hydrogens is 471 g/mol. The average Bonchev–Trinajstić information content (AvgIpc) is 2.81. The number of alkyl halides is 3. The molecule has 0 bridgehead atoms. The third kappa shape index (κ3) is 7.36. The van der Waals surface area contributed by atoms with E-state index in [4.69, 9.17) is 9.47 Å². The summed E-state index contributed by atoms with van der Waals surface area (Å²) in [5.74, 6) is 0.695. The van der Waals surface area contributed by atoms with Gasteiger partial charge in [-0.15, -0.1) is 0 Å². The van der Waals surface area contributed by atoms with Crippen LogP contribution in [0.4, 0.5) is 24.7 Å². The molecule has 0 saturated carbocycles. The van der Waals surface area contributed by atoms with Gasteiger partial charge in [-0.05, 0) is 6.92 Å². The predicted molar refractivity (Wildman–Crippen MR) is 120 cm³/mol. The molecule has 192 valence electrons. The van der Waals surface area contributed by atoms with E-state index in [1.807, 2.05) is 6.92 Å². The van der Waals surface area contributed by atoms with E-state index in [0.29, 0.717) is 26.2 Å². The Morgan fingerprint density at radius 3 is 2.54 bits per heavy atom. The maximum atomic E-state index is 13.3. The van der Waals surface area contributed by atoms with Gasteiger partial charge in [-0.3, -0.25) is 14.6 Å². The molecule has 0 radical (unpaired) electrons. The zero-order valence-corrected chi connectivity index (χ0v) is 19.5. The molecule has 14 heteroatoms. The molecule has 35 heavy (non-hydrogen) atoms. The minimum absolute atomic E-state index is 0.0158. The summed E-state index contributed by atoms with van der Waals surface area (Å²) in [5.41, 5.74) is -2.36. The summed E-state index contributed by atoms with van der Waals surface area (Å²) in [6.07, 6.45) is -0.431. The first-order chi connectivity index (χ1) is 16.7. The van der Waals surface area contributed by atoms with Gasteiger partial charge in [-0.1, -0.05) is 0 Å². The standard InChI is InChI=1S/C21H28F3N7O4/c1-14-9-26-17(11-25-14)30-4-6-31(7-5-30)18(32)3-8-35-13-15(12-34-2)28-16-10-27-29-20(33)19(16)21(22,23)24/h9-11,15H,3-8,12-13H2,1-2H3,(H2,28,29,33)/t15-/m0/s1. The number of aryl methyl sites for hydroxylation is 1. The number of piperazine rings is 1. The Morgan fingerprint density at radius 2 is 1.91 bits per heavy atom. The van der Waals surface area contributed by atoms with Crippen molar-refractivity contribution in [2.75, 3.05) is 63.3 Å². The third-order valence-electron chi connectivity index (χ3n) is 5.37. The fourth-order valence-corrected chi connectivity index (χ4v) is 3.62. The Labute approximate surface area is 199 Å². The number of H-pyrrole nitrogens is 1. The van der Waals surface area contributed by atoms with Crippen molar-refractivity contribution < 1.29 is 27.4 Å². The molecule has 2 aromatic heterocycles. The Bertz CT molecular complexity index is 1020. The first-order valence-corrected chi connectivity index (χ1v) is 11.0. The molecule has 1 amide bonds. The molecule has 1 saturated heterocycles. The number of carbonyl (C=O) groups is 1. The second-order valence-electron chi connectivity index (χ2n) is 7.99. The molecule has 3 heterocycles. The first kappa shape index (κ1) is 26.3. The van der Waals surface area contributed by atoms with Crippen molar-refractivity contribution in [3.8, 4) is 0 Å². The topological polar surface area (TPSA) is 126 Å². The van der Waals surface area contributed by atoms with E-state index in [2.05, 4.69) is 25.3 Å². The van der Waals surface area contributed by atoms with Gasteiger partial charge < -0.3 is 24.6 Å². The molecule has 3 rings (SSSR count). The lowest BCUT2D eigenvalue weighted by Crippen LogP contribution is -2.49. The van der Waals surface area contributed by atoms with Crippen LogP contribution in [0.5, 0.6) is 0 Å². The zero-order valence-electron chi connectivity index (χ0n) is 19.5. The molecule has 1 fully saturated rings. The number of hydrogen-bond donors (Lipinski definition) is 2. The third-order valence-corrected chi connectivity index (χ3v) is 5.37. The number of anilines is 2. The van der Waals surface area contributed by atoms with Crippen LogP contribution < -0.4 is 15.8 Å². The number of nitrogens with one attached hydrogen (secondary N) is 2. The average molecular weight is 499 g/mol. The van der Waals surface area contributed by atoms with Gasteiger partial charge in [-0.25, -0.2) is 10.1 Å². The smallest absolute Gasteiger partial charge is 0.382 e. The van der Waals surface area contributed by atoms with E-state index >= 15 is 0 Å². The normalized spacial score (nSPS) is 15.2. The summed E-state index contributed by atoms with van der Waals surface area (Å²) in [7, 11) is 1.39. The summed E-state index contributed by atoms with van der Waals surface area (Å²) in [5, 5.41) is 7.82. The zero-order chi connectivity index (χ0) is 25.4. The van der Waals surface area contributed by atoms with Crippen molar-refractivity contribution in [3.63, 3.8) is 0 Å². The van der Waals surface area contributed by atoms with Crippen LogP contribution in [-0.4, -0.2) is 90.1 Å². The summed E-state index contributed by atoms with van der Waals surface area (Å²) < 4.78 is 50.3. The van der Waals surface area contributed by atoms with Crippen molar-refractivity contribution in [1.82, 2.24) is 25.1 Å². The van der Waals surface area contributed by atoms with Gasteiger partial charge in [0.15, 0.2) is 0 Å². The van der Waals surface area contributed by atoms with Gasteiger partial charge >= 0.3 is 6.18 Å². The van der Waals surface area contributed by atoms with E-state index in [1.54, 1.807) is 22.4 Å². The Kier molecular flexibility index (Phi) is 8.98. The van der Waals surface area contributed by atoms with E-state index in [0.717, 1.165) is 17.7 Å². The van der Waals surface area contributed by atoms with Gasteiger partial charge in [0, 0.05) is 33.3 Å². The summed E-state index contributed by atoms with van der Waals surface area (Å²) in [6, 6.07) is -0.695. The maximum absolute atomic E-state index is 13.3. The SMILES string of the molecule is COC[C@@H](COCCC(=O)N1CCN(c2cnc(C)cn2)CC1)Nc1cn[nH]c(=O)c1C(F)(F)F. The number of rotatable bonds is 10. The minimum Gasteiger partial charge on any atom is -0.382 e. The lowest BCUT2D eigenvalue weighted by molar-refractivity contribution is -0.138. The molecule has 1 aliphatic heterocycles. The quantitative estimate of drug-likeness (QED) is 0.462. The van der Waals surface area contributed by atoms with Gasteiger partial charge in [-0.2, -0.15) is 18.3 Å². The van der Waals surface area contributed by atoms with Crippen LogP contribution in [0.15, 0.2) is 23.4 Å². The summed E-state index contributed by atoms with van der Waals surface area (Å²) in [6.45, 7) is 4.28. The monoisotopic (exact) mass is 499 g/mol. The van der Waals surface area contributed by atoms with Gasteiger partial charge in [0.1, 0.15) is 11.4 Å². The van der Waals surface area contributed by atoms with E-state index in [9.17, 15) is 22.8 Å². The number of carbonyl (C=O) groups excluding carboxylic acids is 1. The highest BCUT2D eigenvalue weighted by Gasteiger charge is 2.37. The lowest BCUT2D eigenvalue weighted by atomic mass is 10.2. The molecule has 2 N–H and O–H groups in total. The molecule has 11 nitrogen and oxygen atoms in total. The molecule has 2 aromatic rings. The second kappa shape index (κ2) is 11.9. The van der Waals surface area contributed by atoms with Crippen molar-refractivity contribution in [1.29, 1.82) is 0 Å². The van der Waals surface area contributed by atoms with Crippen LogP contribution in [0.1, 0.15) is 17.7 Å². The van der Waals surface area contributed by atoms with Crippen LogP contribution in [-0.2, 0) is 20.4 Å². The number of aromatic amines is 1. The second-order valence-corrected chi connectivity index (χ2v) is 7.99. The Balaban J connectivity index is 1.45. The number of halogens is 3. The minimum atomic E-state index is -4.86. The largest absolute Gasteiger partial charge is 0.423 e. The highest BCUT2D eigenvalue weighted by Crippen LogP contribution is 2.31. The first-order valence-electron chi connectivity index (χ1n) is 11.0. The number of aromatic nitrogens is 4. The molecule has 0 spiro atoms. The van der Waals surface area contributed by atoms with Crippen LogP contribution >= 0.6 is 0 Å². The predicted octanol–water partition coefficient (Wildman–Crippen LogP) is 1.07. The fraction of sp³-hybridized carbons (Fsp3) is 0.571. The van der Waals surface area contributed by atoms with Crippen molar-refractivity contribution in [2.45, 2.75) is 25.6 Å². The molecule has 0 unspecified atom stereocenters. The van der Waals surface area contributed by atoms with Crippen LogP contribution in [0.2, 0.25) is 0 Å². The number of hydrogen-bond acceptors (Lipinski definition) is 9. The maximum Gasteiger partial charge on any atom is 0.423 e. The molecule has 1 atom stereocenters. The number of nitrogens with zero attached hydrogens (tertiary/aromatic N) is 5. The Hall–Kier alpha value is -3.26. The van der Waals surface area contributed by atoms with Crippen LogP contribution in [0, 0.1) is 6.92 Å². The van der Waals surface area contributed by atoms with Gasteiger partial charge in [0.05, 0.1) is 62.3 Å². The number of amides is 1. The van der Waals surface area contributed by atoms with E-state index < -0.39 is 29.0 Å². The highest BCUT2D eigenvalue weighted by atomic mass is 19.4. The Morgan fingerprint density at radius 1 is 1.17 bits per heavy atom. The van der Waals surface area contributed by atoms with Crippen LogP contribution in [0.3, 0.4) is 0 Å². The van der Waals surface area contributed by atoms with E-state index in [-0.39, 0.29) is 32.1 Å². The van der Waals surface area contributed by atoms with Gasteiger partial charge in [0.2, 0.25) is 5.91 Å². The molecule has 1 aliphatic rings. The van der Waals surface area contributed by atoms with Gasteiger partial charge in [0.25, 0.3) is 5.56 Å². The summed E-state index contributed by atoms with van der Waals surface area (Å²) >= 11 is 0. The molecular formula is C21H28F3N7O4. The number of methoxy groups -OCH3 is 1. The molecule has 0 aromatic carbocycles. The summed E-state index contributed by atoms with van der Waals surface area (Å²) in [4.78, 5) is 36.6. The van der Waals surface area contributed by atoms with Crippen molar-refractivity contribution >= 4 is 17.4 Å².